The minimum absolute atomic E-state index is 0.00695. The van der Waals surface area contributed by atoms with E-state index in [1.807, 2.05) is 0 Å². The summed E-state index contributed by atoms with van der Waals surface area (Å²) in [5.41, 5.74) is 0. The lowest BCUT2D eigenvalue weighted by Crippen LogP contribution is -2.07. The van der Waals surface area contributed by atoms with Crippen LogP contribution >= 0.6 is 0 Å². The van der Waals surface area contributed by atoms with Crippen LogP contribution in [0, 0.1) is 6.92 Å². The van der Waals surface area contributed by atoms with E-state index in [0.717, 1.165) is 19.3 Å². The van der Waals surface area contributed by atoms with Gasteiger partial charge in [0, 0.05) is 6.42 Å². The third-order valence-corrected chi connectivity index (χ3v) is 2.43. The Morgan fingerprint density at radius 2 is 2.00 bits per heavy atom. The molecule has 1 aromatic rings. The number of Topliss-reactive ketones (excluding diaryl/α,β-unsaturated/α-hetero) is 2. The summed E-state index contributed by atoms with van der Waals surface area (Å²) in [6, 6.07) is 3.35. The van der Waals surface area contributed by atoms with Gasteiger partial charge < -0.3 is 4.42 Å². The van der Waals surface area contributed by atoms with Crippen LogP contribution in [-0.2, 0) is 4.79 Å². The van der Waals surface area contributed by atoms with E-state index in [9.17, 15) is 9.59 Å². The number of aryl methyl sites for hydroxylation is 1. The maximum atomic E-state index is 11.6. The van der Waals surface area contributed by atoms with E-state index < -0.39 is 0 Å². The van der Waals surface area contributed by atoms with Crippen LogP contribution in [0.3, 0.4) is 0 Å². The molecule has 0 aliphatic carbocycles. The van der Waals surface area contributed by atoms with Gasteiger partial charge in [-0.15, -0.1) is 0 Å². The summed E-state index contributed by atoms with van der Waals surface area (Å²) in [5, 5.41) is 0. The Hall–Kier alpha value is -1.38. The normalized spacial score (nSPS) is 10.4. The topological polar surface area (TPSA) is 47.3 Å². The van der Waals surface area contributed by atoms with Crippen molar-refractivity contribution >= 4 is 11.6 Å². The van der Waals surface area contributed by atoms with Gasteiger partial charge in [-0.05, 0) is 25.5 Å². The molecular formula is C13H18O3. The zero-order valence-electron chi connectivity index (χ0n) is 9.91. The van der Waals surface area contributed by atoms with Gasteiger partial charge in [0.05, 0.1) is 6.42 Å². The summed E-state index contributed by atoms with van der Waals surface area (Å²) >= 11 is 0. The van der Waals surface area contributed by atoms with E-state index in [1.54, 1.807) is 19.1 Å². The Bertz CT molecular complexity index is 363. The highest BCUT2D eigenvalue weighted by atomic mass is 16.3. The molecule has 1 aromatic heterocycles. The second kappa shape index (κ2) is 6.26. The number of rotatable bonds is 7. The van der Waals surface area contributed by atoms with Gasteiger partial charge >= 0.3 is 0 Å². The maximum absolute atomic E-state index is 11.6. The first-order valence-electron chi connectivity index (χ1n) is 5.74. The van der Waals surface area contributed by atoms with Crippen molar-refractivity contribution in [1.82, 2.24) is 0 Å². The van der Waals surface area contributed by atoms with E-state index in [0.29, 0.717) is 17.9 Å². The number of unbranched alkanes of at least 4 members (excludes halogenated alkanes) is 2. The lowest BCUT2D eigenvalue weighted by molar-refractivity contribution is -0.118. The average molecular weight is 222 g/mol. The maximum Gasteiger partial charge on any atom is 0.205 e. The van der Waals surface area contributed by atoms with Gasteiger partial charge in [0.25, 0.3) is 0 Å². The van der Waals surface area contributed by atoms with Crippen LogP contribution in [0.2, 0.25) is 0 Å². The Morgan fingerprint density at radius 3 is 2.56 bits per heavy atom. The standard InChI is InChI=1S/C13H18O3/c1-3-4-5-6-11(14)9-12(15)13-8-7-10(2)16-13/h7-8H,3-6,9H2,1-2H3. The molecule has 0 saturated carbocycles. The Labute approximate surface area is 95.8 Å². The van der Waals surface area contributed by atoms with Gasteiger partial charge in [0.1, 0.15) is 11.5 Å². The van der Waals surface area contributed by atoms with E-state index >= 15 is 0 Å². The number of ketones is 2. The molecule has 0 radical (unpaired) electrons. The first kappa shape index (κ1) is 12.7. The number of hydrogen-bond donors (Lipinski definition) is 0. The SMILES string of the molecule is CCCCCC(=O)CC(=O)c1ccc(C)o1. The van der Waals surface area contributed by atoms with E-state index in [1.165, 1.54) is 0 Å². The smallest absolute Gasteiger partial charge is 0.205 e. The summed E-state index contributed by atoms with van der Waals surface area (Å²) < 4.78 is 5.17. The molecule has 0 atom stereocenters. The molecular weight excluding hydrogens is 204 g/mol. The van der Waals surface area contributed by atoms with Crippen molar-refractivity contribution in [3.8, 4) is 0 Å². The zero-order chi connectivity index (χ0) is 12.0. The lowest BCUT2D eigenvalue weighted by atomic mass is 10.1. The second-order valence-corrected chi connectivity index (χ2v) is 4.01. The number of furan rings is 1. The Kier molecular flexibility index (Phi) is 4.96. The van der Waals surface area contributed by atoms with E-state index in [2.05, 4.69) is 6.92 Å². The minimum atomic E-state index is -0.213. The monoisotopic (exact) mass is 222 g/mol. The summed E-state index contributed by atoms with van der Waals surface area (Å²) in [6.45, 7) is 3.86. The van der Waals surface area contributed by atoms with Crippen LogP contribution in [0.5, 0.6) is 0 Å². The fourth-order valence-corrected chi connectivity index (χ4v) is 1.51. The van der Waals surface area contributed by atoms with Gasteiger partial charge in [0.2, 0.25) is 5.78 Å². The quantitative estimate of drug-likeness (QED) is 0.404. The van der Waals surface area contributed by atoms with Crippen LogP contribution < -0.4 is 0 Å². The third-order valence-electron chi connectivity index (χ3n) is 2.43. The molecule has 0 unspecified atom stereocenters. The highest BCUT2D eigenvalue weighted by Gasteiger charge is 2.14. The van der Waals surface area contributed by atoms with Crippen LogP contribution in [-0.4, -0.2) is 11.6 Å². The molecule has 1 rings (SSSR count). The van der Waals surface area contributed by atoms with Crippen molar-refractivity contribution < 1.29 is 14.0 Å². The Balaban J connectivity index is 2.37. The third kappa shape index (κ3) is 4.01. The van der Waals surface area contributed by atoms with Crippen LogP contribution in [0.1, 0.15) is 55.3 Å². The molecule has 0 aromatic carbocycles. The molecule has 0 fully saturated rings. The van der Waals surface area contributed by atoms with Crippen molar-refractivity contribution in [1.29, 1.82) is 0 Å². The largest absolute Gasteiger partial charge is 0.458 e. The van der Waals surface area contributed by atoms with Crippen molar-refractivity contribution in [2.24, 2.45) is 0 Å². The highest BCUT2D eigenvalue weighted by Crippen LogP contribution is 2.10. The van der Waals surface area contributed by atoms with E-state index in [-0.39, 0.29) is 18.0 Å². The van der Waals surface area contributed by atoms with Crippen molar-refractivity contribution in [2.45, 2.75) is 46.0 Å². The molecule has 1 heterocycles. The summed E-state index contributed by atoms with van der Waals surface area (Å²) in [7, 11) is 0. The highest BCUT2D eigenvalue weighted by molar-refractivity contribution is 6.06. The van der Waals surface area contributed by atoms with Crippen molar-refractivity contribution in [3.05, 3.63) is 23.7 Å². The molecule has 0 aliphatic rings. The molecule has 0 aliphatic heterocycles. The van der Waals surface area contributed by atoms with E-state index in [4.69, 9.17) is 4.42 Å². The van der Waals surface area contributed by atoms with Gasteiger partial charge in [-0.1, -0.05) is 19.8 Å². The van der Waals surface area contributed by atoms with Crippen molar-refractivity contribution in [2.75, 3.05) is 0 Å². The fraction of sp³-hybridized carbons (Fsp3) is 0.538. The molecule has 0 N–H and O–H groups in total. The van der Waals surface area contributed by atoms with Gasteiger partial charge in [-0.25, -0.2) is 0 Å². The number of hydrogen-bond acceptors (Lipinski definition) is 3. The second-order valence-electron chi connectivity index (χ2n) is 4.01. The molecule has 0 amide bonds. The molecule has 0 saturated heterocycles. The summed E-state index contributed by atoms with van der Waals surface area (Å²) in [5.74, 6) is 0.783. The predicted octanol–water partition coefficient (Wildman–Crippen LogP) is 3.31. The fourth-order valence-electron chi connectivity index (χ4n) is 1.51. The van der Waals surface area contributed by atoms with Crippen LogP contribution in [0.4, 0.5) is 0 Å². The number of carbonyl (C=O) groups excluding carboxylic acids is 2. The first-order valence-corrected chi connectivity index (χ1v) is 5.74. The Morgan fingerprint density at radius 1 is 1.25 bits per heavy atom. The molecule has 16 heavy (non-hydrogen) atoms. The van der Waals surface area contributed by atoms with Gasteiger partial charge in [0.15, 0.2) is 5.76 Å². The lowest BCUT2D eigenvalue weighted by Gasteiger charge is -1.98. The molecule has 3 heteroatoms. The van der Waals surface area contributed by atoms with Crippen LogP contribution in [0.15, 0.2) is 16.5 Å². The molecule has 0 bridgehead atoms. The molecule has 88 valence electrons. The average Bonchev–Trinajstić information content (AvgIpc) is 2.65. The first-order chi connectivity index (χ1) is 7.63. The molecule has 3 nitrogen and oxygen atoms in total. The summed E-state index contributed by atoms with van der Waals surface area (Å²) in [6.07, 6.45) is 3.47. The summed E-state index contributed by atoms with van der Waals surface area (Å²) in [4.78, 5) is 23.0. The van der Waals surface area contributed by atoms with Gasteiger partial charge in [-0.2, -0.15) is 0 Å². The molecule has 0 spiro atoms. The van der Waals surface area contributed by atoms with Crippen molar-refractivity contribution in [3.63, 3.8) is 0 Å². The minimum Gasteiger partial charge on any atom is -0.458 e. The zero-order valence-corrected chi connectivity index (χ0v) is 9.91. The number of carbonyl (C=O) groups is 2. The predicted molar refractivity (Wildman–Crippen MR) is 61.5 cm³/mol. The van der Waals surface area contributed by atoms with Gasteiger partial charge in [-0.3, -0.25) is 9.59 Å². The van der Waals surface area contributed by atoms with Crippen LogP contribution in [0.25, 0.3) is 0 Å².